The second kappa shape index (κ2) is 9.21. The number of allylic oxidation sites excluding steroid dienone is 2. The quantitative estimate of drug-likeness (QED) is 0.281. The number of rotatable bonds is 6. The van der Waals surface area contributed by atoms with Gasteiger partial charge in [0.1, 0.15) is 25.2 Å². The molecule has 0 spiro atoms. The Labute approximate surface area is 180 Å². The summed E-state index contributed by atoms with van der Waals surface area (Å²) in [4.78, 5) is 22.2. The third-order valence-corrected chi connectivity index (χ3v) is 4.73. The number of hydrogen-bond donors (Lipinski definition) is 0. The van der Waals surface area contributed by atoms with Gasteiger partial charge in [0.25, 0.3) is 0 Å². The van der Waals surface area contributed by atoms with E-state index in [9.17, 15) is 22.4 Å². The van der Waals surface area contributed by atoms with Gasteiger partial charge in [-0.2, -0.15) is 13.2 Å². The number of esters is 1. The van der Waals surface area contributed by atoms with Crippen molar-refractivity contribution in [3.63, 3.8) is 0 Å². The Morgan fingerprint density at radius 2 is 1.84 bits per heavy atom. The lowest BCUT2D eigenvalue weighted by atomic mass is 9.99. The molecule has 0 amide bonds. The molecule has 0 saturated heterocycles. The van der Waals surface area contributed by atoms with Gasteiger partial charge in [0.15, 0.2) is 5.71 Å². The van der Waals surface area contributed by atoms with Crippen LogP contribution >= 0.6 is 0 Å². The fraction of sp³-hybridized carbons (Fsp3) is 0.227. The van der Waals surface area contributed by atoms with Crippen LogP contribution in [0.3, 0.4) is 0 Å². The number of carbonyl (C=O) groups excluding carboxylic acids is 1. The molecule has 3 rings (SSSR count). The number of ether oxygens (including phenoxy) is 1. The van der Waals surface area contributed by atoms with Crippen LogP contribution in [0.5, 0.6) is 0 Å². The molecule has 0 aromatic heterocycles. The highest BCUT2D eigenvalue weighted by Gasteiger charge is 2.40. The fourth-order valence-electron chi connectivity index (χ4n) is 3.23. The van der Waals surface area contributed by atoms with Gasteiger partial charge in [-0.3, -0.25) is 0 Å². The van der Waals surface area contributed by atoms with E-state index in [2.05, 4.69) is 10.3 Å². The number of methoxy groups -OCH3 is 1. The molecule has 10 heteroatoms. The number of aryl methyl sites for hydroxylation is 1. The number of fused-ring (bicyclic) bond motifs is 1. The lowest BCUT2D eigenvalue weighted by Gasteiger charge is -2.12. The highest BCUT2D eigenvalue weighted by atomic mass is 19.4. The van der Waals surface area contributed by atoms with Gasteiger partial charge in [0.05, 0.1) is 12.7 Å². The minimum absolute atomic E-state index is 0.0291. The molecule has 168 valence electrons. The molecular weight excluding hydrogens is 432 g/mol. The molecule has 0 heterocycles. The van der Waals surface area contributed by atoms with Crippen LogP contribution in [0.2, 0.25) is 0 Å². The van der Waals surface area contributed by atoms with E-state index < -0.39 is 23.5 Å². The van der Waals surface area contributed by atoms with Crippen LogP contribution in [-0.4, -0.2) is 37.8 Å². The van der Waals surface area contributed by atoms with Gasteiger partial charge in [0.2, 0.25) is 0 Å². The SMILES string of the molecule is CO/N=C(/C(=O)OC)c1cccc(C)c1CO/N=C1\C=C(C(F)(F)F)c2ccc(F)cc21. The number of alkyl halides is 3. The number of hydrogen-bond acceptors (Lipinski definition) is 6. The summed E-state index contributed by atoms with van der Waals surface area (Å²) in [6.45, 7) is 1.55. The van der Waals surface area contributed by atoms with Gasteiger partial charge < -0.3 is 14.4 Å². The topological polar surface area (TPSA) is 69.5 Å². The van der Waals surface area contributed by atoms with E-state index in [0.29, 0.717) is 16.7 Å². The largest absolute Gasteiger partial charge is 0.464 e. The average molecular weight is 450 g/mol. The summed E-state index contributed by atoms with van der Waals surface area (Å²) in [5, 5.41) is 7.51. The monoisotopic (exact) mass is 450 g/mol. The Hall–Kier alpha value is -3.69. The molecule has 0 atom stereocenters. The molecule has 0 unspecified atom stereocenters. The first-order chi connectivity index (χ1) is 15.2. The van der Waals surface area contributed by atoms with Crippen molar-refractivity contribution < 1.29 is 36.8 Å². The van der Waals surface area contributed by atoms with Crippen molar-refractivity contribution in [3.05, 3.63) is 76.1 Å². The summed E-state index contributed by atoms with van der Waals surface area (Å²) in [6, 6.07) is 7.99. The normalized spacial score (nSPS) is 14.8. The van der Waals surface area contributed by atoms with E-state index in [1.54, 1.807) is 25.1 Å². The third kappa shape index (κ3) is 4.63. The molecule has 6 nitrogen and oxygen atoms in total. The second-order valence-electron chi connectivity index (χ2n) is 6.71. The van der Waals surface area contributed by atoms with Crippen LogP contribution in [0.1, 0.15) is 27.8 Å². The Balaban J connectivity index is 1.95. The molecule has 1 aliphatic carbocycles. The van der Waals surface area contributed by atoms with Gasteiger partial charge in [-0.25, -0.2) is 9.18 Å². The Kier molecular flexibility index (Phi) is 6.61. The van der Waals surface area contributed by atoms with Gasteiger partial charge in [-0.15, -0.1) is 0 Å². The molecule has 0 radical (unpaired) electrons. The van der Waals surface area contributed by atoms with E-state index in [0.717, 1.165) is 24.3 Å². The van der Waals surface area contributed by atoms with Crippen LogP contribution in [-0.2, 0) is 25.8 Å². The standard InChI is InChI=1S/C22H18F4N2O4/c1-12-5-4-6-15(20(28-31-3)21(29)30-2)17(12)11-32-27-19-10-18(22(24,25)26)14-8-7-13(23)9-16(14)19/h4-10H,11H2,1-3H3/b27-19+,28-20+. The van der Waals surface area contributed by atoms with Gasteiger partial charge in [-0.1, -0.05) is 34.6 Å². The Bertz CT molecular complexity index is 1140. The predicted octanol–water partition coefficient (Wildman–Crippen LogP) is 4.54. The van der Waals surface area contributed by atoms with E-state index in [1.165, 1.54) is 14.2 Å². The van der Waals surface area contributed by atoms with Crippen molar-refractivity contribution in [1.82, 2.24) is 0 Å². The van der Waals surface area contributed by atoms with Crippen molar-refractivity contribution >= 4 is 23.0 Å². The van der Waals surface area contributed by atoms with Gasteiger partial charge in [-0.05, 0) is 36.3 Å². The smallest absolute Gasteiger partial charge is 0.417 e. The van der Waals surface area contributed by atoms with E-state index in [4.69, 9.17) is 14.4 Å². The van der Waals surface area contributed by atoms with Crippen LogP contribution in [0.15, 0.2) is 52.8 Å². The second-order valence-corrected chi connectivity index (χ2v) is 6.71. The lowest BCUT2D eigenvalue weighted by Crippen LogP contribution is -2.20. The lowest BCUT2D eigenvalue weighted by molar-refractivity contribution is -0.132. The van der Waals surface area contributed by atoms with E-state index >= 15 is 0 Å². The summed E-state index contributed by atoms with van der Waals surface area (Å²) in [5.74, 6) is -1.45. The molecule has 0 N–H and O–H groups in total. The van der Waals surface area contributed by atoms with Crippen molar-refractivity contribution in [2.45, 2.75) is 19.7 Å². The van der Waals surface area contributed by atoms with Crippen molar-refractivity contribution in [1.29, 1.82) is 0 Å². The number of oxime groups is 2. The first-order valence-electron chi connectivity index (χ1n) is 9.24. The van der Waals surface area contributed by atoms with Crippen LogP contribution in [0.4, 0.5) is 17.6 Å². The molecular formula is C22H18F4N2O4. The summed E-state index contributed by atoms with van der Waals surface area (Å²) in [5.41, 5.74) is 0.125. The van der Waals surface area contributed by atoms with Crippen molar-refractivity contribution in [2.75, 3.05) is 14.2 Å². The molecule has 0 bridgehead atoms. The zero-order chi connectivity index (χ0) is 23.5. The van der Waals surface area contributed by atoms with Crippen LogP contribution < -0.4 is 0 Å². The number of halogens is 4. The van der Waals surface area contributed by atoms with E-state index in [1.807, 2.05) is 0 Å². The molecule has 2 aromatic carbocycles. The van der Waals surface area contributed by atoms with E-state index in [-0.39, 0.29) is 29.2 Å². The molecule has 0 fully saturated rings. The Morgan fingerprint density at radius 3 is 2.50 bits per heavy atom. The maximum Gasteiger partial charge on any atom is 0.417 e. The molecule has 0 saturated carbocycles. The van der Waals surface area contributed by atoms with Crippen LogP contribution in [0, 0.1) is 12.7 Å². The number of benzene rings is 2. The molecule has 1 aliphatic rings. The zero-order valence-electron chi connectivity index (χ0n) is 17.3. The fourth-order valence-corrected chi connectivity index (χ4v) is 3.23. The maximum atomic E-state index is 13.7. The average Bonchev–Trinajstić information content (AvgIpc) is 3.11. The maximum absolute atomic E-state index is 13.7. The minimum Gasteiger partial charge on any atom is -0.464 e. The Morgan fingerprint density at radius 1 is 1.09 bits per heavy atom. The summed E-state index contributed by atoms with van der Waals surface area (Å²) in [6.07, 6.45) is -3.84. The first-order valence-corrected chi connectivity index (χ1v) is 9.24. The summed E-state index contributed by atoms with van der Waals surface area (Å²) in [7, 11) is 2.45. The highest BCUT2D eigenvalue weighted by molar-refractivity contribution is 6.43. The molecule has 32 heavy (non-hydrogen) atoms. The first kappa shape index (κ1) is 23.0. The summed E-state index contributed by atoms with van der Waals surface area (Å²) < 4.78 is 58.4. The predicted molar refractivity (Wildman–Crippen MR) is 108 cm³/mol. The summed E-state index contributed by atoms with van der Waals surface area (Å²) >= 11 is 0. The molecule has 2 aromatic rings. The zero-order valence-corrected chi connectivity index (χ0v) is 17.3. The van der Waals surface area contributed by atoms with Gasteiger partial charge >= 0.3 is 12.1 Å². The molecule has 0 aliphatic heterocycles. The third-order valence-electron chi connectivity index (χ3n) is 4.73. The number of carbonyl (C=O) groups is 1. The van der Waals surface area contributed by atoms with Gasteiger partial charge in [0, 0.05) is 16.7 Å². The number of nitrogens with zero attached hydrogens (tertiary/aromatic N) is 2. The van der Waals surface area contributed by atoms with Crippen molar-refractivity contribution in [2.24, 2.45) is 10.3 Å². The minimum atomic E-state index is -4.64. The van der Waals surface area contributed by atoms with Crippen LogP contribution in [0.25, 0.3) is 5.57 Å². The van der Waals surface area contributed by atoms with Crippen molar-refractivity contribution in [3.8, 4) is 0 Å². The highest BCUT2D eigenvalue weighted by Crippen LogP contribution is 2.40.